The number of rotatable bonds is 2. The van der Waals surface area contributed by atoms with Crippen LogP contribution < -0.4 is 5.76 Å². The quantitative estimate of drug-likeness (QED) is 0.753. The Hall–Kier alpha value is -1.78. The lowest BCUT2D eigenvalue weighted by Gasteiger charge is -1.86. The van der Waals surface area contributed by atoms with Gasteiger partial charge >= 0.3 is 5.76 Å². The molecule has 2 rings (SSSR count). The summed E-state index contributed by atoms with van der Waals surface area (Å²) >= 11 is 0. The molecule has 2 aromatic heterocycles. The molecule has 0 aliphatic rings. The van der Waals surface area contributed by atoms with Gasteiger partial charge in [0.25, 0.3) is 5.89 Å². The van der Waals surface area contributed by atoms with E-state index in [1.165, 1.54) is 0 Å². The van der Waals surface area contributed by atoms with E-state index in [9.17, 15) is 4.79 Å². The Labute approximate surface area is 73.4 Å². The number of aromatic nitrogens is 2. The van der Waals surface area contributed by atoms with Crippen molar-refractivity contribution in [1.29, 1.82) is 0 Å². The van der Waals surface area contributed by atoms with Crippen molar-refractivity contribution in [3.63, 3.8) is 0 Å². The molecule has 2 aromatic rings. The van der Waals surface area contributed by atoms with Gasteiger partial charge in [-0.25, -0.2) is 9.89 Å². The molecule has 1 N–H and O–H groups in total. The summed E-state index contributed by atoms with van der Waals surface area (Å²) < 4.78 is 10.0. The molecular weight excluding hydrogens is 172 g/mol. The molecule has 13 heavy (non-hydrogen) atoms. The Morgan fingerprint density at radius 1 is 1.46 bits per heavy atom. The van der Waals surface area contributed by atoms with Gasteiger partial charge in [-0.1, -0.05) is 6.92 Å². The minimum Gasteiger partial charge on any atom is -0.456 e. The van der Waals surface area contributed by atoms with Gasteiger partial charge in [-0.05, 0) is 12.1 Å². The molecule has 5 nitrogen and oxygen atoms in total. The predicted molar refractivity (Wildman–Crippen MR) is 44.2 cm³/mol. The van der Waals surface area contributed by atoms with Crippen LogP contribution in [0, 0.1) is 0 Å². The lowest BCUT2D eigenvalue weighted by Crippen LogP contribution is -1.93. The Morgan fingerprint density at radius 2 is 2.31 bits per heavy atom. The van der Waals surface area contributed by atoms with E-state index >= 15 is 0 Å². The number of aromatic amines is 1. The molecule has 0 aromatic carbocycles. The third-order valence-corrected chi connectivity index (χ3v) is 1.66. The molecule has 0 aliphatic heterocycles. The molecule has 0 spiro atoms. The summed E-state index contributed by atoms with van der Waals surface area (Å²) in [6.07, 6.45) is 0.800. The second kappa shape index (κ2) is 2.93. The van der Waals surface area contributed by atoms with Gasteiger partial charge in [0.2, 0.25) is 0 Å². The van der Waals surface area contributed by atoms with E-state index in [4.69, 9.17) is 8.83 Å². The standard InChI is InChI=1S/C8H8N2O3/c1-2-5-3-4-6(12-5)7-9-10-8(11)13-7/h3-4H,2H2,1H3,(H,10,11). The van der Waals surface area contributed by atoms with E-state index < -0.39 is 5.76 Å². The second-order valence-corrected chi connectivity index (χ2v) is 2.54. The van der Waals surface area contributed by atoms with Gasteiger partial charge in [-0.15, -0.1) is 5.10 Å². The fraction of sp³-hybridized carbons (Fsp3) is 0.250. The van der Waals surface area contributed by atoms with Crippen molar-refractivity contribution in [2.75, 3.05) is 0 Å². The first-order valence-corrected chi connectivity index (χ1v) is 3.94. The zero-order valence-corrected chi connectivity index (χ0v) is 7.03. The third kappa shape index (κ3) is 1.40. The fourth-order valence-corrected chi connectivity index (χ4v) is 1.02. The van der Waals surface area contributed by atoms with E-state index in [-0.39, 0.29) is 5.89 Å². The van der Waals surface area contributed by atoms with Crippen LogP contribution in [0.15, 0.2) is 25.8 Å². The third-order valence-electron chi connectivity index (χ3n) is 1.66. The summed E-state index contributed by atoms with van der Waals surface area (Å²) in [6, 6.07) is 3.54. The van der Waals surface area contributed by atoms with E-state index in [1.54, 1.807) is 6.07 Å². The van der Waals surface area contributed by atoms with E-state index in [2.05, 4.69) is 10.2 Å². The van der Waals surface area contributed by atoms with Crippen molar-refractivity contribution in [1.82, 2.24) is 10.2 Å². The van der Waals surface area contributed by atoms with Crippen LogP contribution in [0.25, 0.3) is 11.7 Å². The number of nitrogens with one attached hydrogen (secondary N) is 1. The summed E-state index contributed by atoms with van der Waals surface area (Å²) in [5.41, 5.74) is 0. The summed E-state index contributed by atoms with van der Waals surface area (Å²) in [6.45, 7) is 1.98. The highest BCUT2D eigenvalue weighted by Gasteiger charge is 2.09. The number of H-pyrrole nitrogens is 1. The maximum absolute atomic E-state index is 10.6. The Bertz CT molecular complexity index is 452. The monoisotopic (exact) mass is 180 g/mol. The van der Waals surface area contributed by atoms with Gasteiger partial charge in [0.1, 0.15) is 5.76 Å². The van der Waals surface area contributed by atoms with E-state index in [0.29, 0.717) is 5.76 Å². The first-order chi connectivity index (χ1) is 6.29. The number of hydrogen-bond donors (Lipinski definition) is 1. The lowest BCUT2D eigenvalue weighted by atomic mass is 10.3. The molecule has 0 aliphatic carbocycles. The highest BCUT2D eigenvalue weighted by Crippen LogP contribution is 2.18. The maximum atomic E-state index is 10.6. The molecule has 0 bridgehead atoms. The molecule has 0 fully saturated rings. The Morgan fingerprint density at radius 3 is 2.85 bits per heavy atom. The second-order valence-electron chi connectivity index (χ2n) is 2.54. The molecule has 0 saturated carbocycles. The van der Waals surface area contributed by atoms with Crippen molar-refractivity contribution < 1.29 is 8.83 Å². The van der Waals surface area contributed by atoms with Gasteiger partial charge < -0.3 is 8.83 Å². The Kier molecular flexibility index (Phi) is 1.77. The van der Waals surface area contributed by atoms with Gasteiger partial charge in [0.15, 0.2) is 5.76 Å². The van der Waals surface area contributed by atoms with Crippen LogP contribution in [0.3, 0.4) is 0 Å². The average molecular weight is 180 g/mol. The molecule has 0 saturated heterocycles. The van der Waals surface area contributed by atoms with Crippen molar-refractivity contribution in [2.24, 2.45) is 0 Å². The van der Waals surface area contributed by atoms with Crippen LogP contribution in [0.5, 0.6) is 0 Å². The SMILES string of the molecule is CCc1ccc(-c2n[nH]c(=O)o2)o1. The minimum atomic E-state index is -0.579. The van der Waals surface area contributed by atoms with Crippen molar-refractivity contribution in [3.8, 4) is 11.7 Å². The largest absolute Gasteiger partial charge is 0.456 e. The molecular formula is C8H8N2O3. The normalized spacial score (nSPS) is 10.5. The summed E-state index contributed by atoms with van der Waals surface area (Å²) in [5, 5.41) is 5.80. The van der Waals surface area contributed by atoms with Crippen LogP contribution in [0.4, 0.5) is 0 Å². The molecule has 0 amide bonds. The lowest BCUT2D eigenvalue weighted by molar-refractivity contribution is 0.476. The zero-order chi connectivity index (χ0) is 9.26. The van der Waals surface area contributed by atoms with E-state index in [1.807, 2.05) is 13.0 Å². The maximum Gasteiger partial charge on any atom is 0.434 e. The highest BCUT2D eigenvalue weighted by molar-refractivity contribution is 5.43. The van der Waals surface area contributed by atoms with Crippen molar-refractivity contribution in [3.05, 3.63) is 28.4 Å². The highest BCUT2D eigenvalue weighted by atomic mass is 16.4. The molecule has 5 heteroatoms. The van der Waals surface area contributed by atoms with Crippen LogP contribution in [-0.4, -0.2) is 10.2 Å². The van der Waals surface area contributed by atoms with Gasteiger partial charge in [-0.2, -0.15) is 0 Å². The number of nitrogens with zero attached hydrogens (tertiary/aromatic N) is 1. The Balaban J connectivity index is 2.40. The smallest absolute Gasteiger partial charge is 0.434 e. The summed E-state index contributed by atoms with van der Waals surface area (Å²) in [7, 11) is 0. The van der Waals surface area contributed by atoms with E-state index in [0.717, 1.165) is 12.2 Å². The van der Waals surface area contributed by atoms with Gasteiger partial charge in [0, 0.05) is 6.42 Å². The zero-order valence-electron chi connectivity index (χ0n) is 7.03. The van der Waals surface area contributed by atoms with Gasteiger partial charge in [-0.3, -0.25) is 0 Å². The first kappa shape index (κ1) is 7.85. The molecule has 68 valence electrons. The van der Waals surface area contributed by atoms with Crippen LogP contribution in [-0.2, 0) is 6.42 Å². The molecule has 0 atom stereocenters. The van der Waals surface area contributed by atoms with Crippen LogP contribution in [0.2, 0.25) is 0 Å². The minimum absolute atomic E-state index is 0.185. The predicted octanol–water partition coefficient (Wildman–Crippen LogP) is 1.19. The number of furan rings is 1. The topological polar surface area (TPSA) is 72.0 Å². The fourth-order valence-electron chi connectivity index (χ4n) is 1.02. The molecule has 2 heterocycles. The first-order valence-electron chi connectivity index (χ1n) is 3.94. The average Bonchev–Trinajstić information content (AvgIpc) is 2.71. The van der Waals surface area contributed by atoms with Gasteiger partial charge in [0.05, 0.1) is 0 Å². The van der Waals surface area contributed by atoms with Crippen molar-refractivity contribution in [2.45, 2.75) is 13.3 Å². The summed E-state index contributed by atoms with van der Waals surface area (Å²) in [5.74, 6) is 0.907. The number of hydrogen-bond acceptors (Lipinski definition) is 4. The van der Waals surface area contributed by atoms with Crippen LogP contribution >= 0.6 is 0 Å². The molecule has 0 unspecified atom stereocenters. The summed E-state index contributed by atoms with van der Waals surface area (Å²) in [4.78, 5) is 10.6. The van der Waals surface area contributed by atoms with Crippen molar-refractivity contribution >= 4 is 0 Å². The number of aryl methyl sites for hydroxylation is 1. The van der Waals surface area contributed by atoms with Crippen LogP contribution in [0.1, 0.15) is 12.7 Å². The molecule has 0 radical (unpaired) electrons.